The predicted molar refractivity (Wildman–Crippen MR) is 51.1 cm³/mol. The van der Waals surface area contributed by atoms with Crippen LogP contribution in [0.2, 0.25) is 0 Å². The molecule has 2 heterocycles. The molecule has 0 aliphatic rings. The molecule has 2 rings (SSSR count). The minimum atomic E-state index is 0.355. The SMILES string of the molecule is COc1ccc2ncc(CC#N)n2c1. The highest BCUT2D eigenvalue weighted by Gasteiger charge is 2.03. The van der Waals surface area contributed by atoms with E-state index in [-0.39, 0.29) is 0 Å². The van der Waals surface area contributed by atoms with Crippen LogP contribution in [0.1, 0.15) is 5.69 Å². The van der Waals surface area contributed by atoms with E-state index in [1.807, 2.05) is 22.7 Å². The predicted octanol–water partition coefficient (Wildman–Crippen LogP) is 1.41. The maximum absolute atomic E-state index is 8.60. The molecule has 2 aromatic heterocycles. The fourth-order valence-electron chi connectivity index (χ4n) is 1.34. The van der Waals surface area contributed by atoms with Gasteiger partial charge in [0.05, 0.1) is 37.7 Å². The molecule has 0 spiro atoms. The van der Waals surface area contributed by atoms with Gasteiger partial charge in [0.1, 0.15) is 11.4 Å². The zero-order chi connectivity index (χ0) is 9.97. The average Bonchev–Trinajstić information content (AvgIpc) is 2.61. The van der Waals surface area contributed by atoms with Crippen LogP contribution in [0.5, 0.6) is 5.75 Å². The highest BCUT2D eigenvalue weighted by Crippen LogP contribution is 2.14. The monoisotopic (exact) mass is 187 g/mol. The molecule has 0 saturated heterocycles. The van der Waals surface area contributed by atoms with E-state index in [9.17, 15) is 0 Å². The molecule has 0 aliphatic heterocycles. The Kier molecular flexibility index (Phi) is 2.07. The molecule has 0 unspecified atom stereocenters. The van der Waals surface area contributed by atoms with Crippen LogP contribution in [0.3, 0.4) is 0 Å². The van der Waals surface area contributed by atoms with Crippen molar-refractivity contribution in [1.82, 2.24) is 9.38 Å². The molecule has 0 aliphatic carbocycles. The molecule has 0 radical (unpaired) electrons. The number of aromatic nitrogens is 2. The summed E-state index contributed by atoms with van der Waals surface area (Å²) in [6.45, 7) is 0. The fourth-order valence-corrected chi connectivity index (χ4v) is 1.34. The Morgan fingerprint density at radius 1 is 1.57 bits per heavy atom. The van der Waals surface area contributed by atoms with Crippen molar-refractivity contribution in [1.29, 1.82) is 5.26 Å². The summed E-state index contributed by atoms with van der Waals surface area (Å²) < 4.78 is 6.96. The Hall–Kier alpha value is -2.02. The zero-order valence-corrected chi connectivity index (χ0v) is 7.77. The highest BCUT2D eigenvalue weighted by molar-refractivity contribution is 5.43. The minimum Gasteiger partial charge on any atom is -0.495 e. The van der Waals surface area contributed by atoms with Crippen molar-refractivity contribution in [2.75, 3.05) is 7.11 Å². The number of pyridine rings is 1. The number of hydrogen-bond donors (Lipinski definition) is 0. The lowest BCUT2D eigenvalue weighted by atomic mass is 10.3. The van der Waals surface area contributed by atoms with Crippen molar-refractivity contribution in [3.63, 3.8) is 0 Å². The minimum absolute atomic E-state index is 0.355. The van der Waals surface area contributed by atoms with E-state index < -0.39 is 0 Å². The Bertz CT molecular complexity index is 496. The number of imidazole rings is 1. The smallest absolute Gasteiger partial charge is 0.137 e. The van der Waals surface area contributed by atoms with Gasteiger partial charge in [0.15, 0.2) is 0 Å². The van der Waals surface area contributed by atoms with E-state index in [0.29, 0.717) is 6.42 Å². The first-order chi connectivity index (χ1) is 6.85. The average molecular weight is 187 g/mol. The molecular weight excluding hydrogens is 178 g/mol. The number of fused-ring (bicyclic) bond motifs is 1. The van der Waals surface area contributed by atoms with Gasteiger partial charge in [0, 0.05) is 0 Å². The topological polar surface area (TPSA) is 50.3 Å². The summed E-state index contributed by atoms with van der Waals surface area (Å²) in [7, 11) is 1.61. The quantitative estimate of drug-likeness (QED) is 0.714. The molecule has 0 saturated carbocycles. The second-order valence-electron chi connectivity index (χ2n) is 2.88. The summed E-state index contributed by atoms with van der Waals surface area (Å²) in [6.07, 6.45) is 3.89. The molecule has 0 N–H and O–H groups in total. The third kappa shape index (κ3) is 1.29. The van der Waals surface area contributed by atoms with Crippen LogP contribution in [0, 0.1) is 11.3 Å². The molecule has 0 fully saturated rings. The number of nitrogens with zero attached hydrogens (tertiary/aromatic N) is 3. The Balaban J connectivity index is 2.59. The standard InChI is InChI=1S/C10H9N3O/c1-14-9-2-3-10-12-6-8(4-5-11)13(10)7-9/h2-3,6-7H,4H2,1H3. The van der Waals surface area contributed by atoms with E-state index in [4.69, 9.17) is 10.00 Å². The van der Waals surface area contributed by atoms with Crippen LogP contribution in [0.4, 0.5) is 0 Å². The van der Waals surface area contributed by atoms with Gasteiger partial charge < -0.3 is 4.74 Å². The van der Waals surface area contributed by atoms with Gasteiger partial charge in [-0.2, -0.15) is 5.26 Å². The van der Waals surface area contributed by atoms with Gasteiger partial charge in [-0.15, -0.1) is 0 Å². The van der Waals surface area contributed by atoms with E-state index in [1.165, 1.54) is 0 Å². The molecule has 0 bridgehead atoms. The largest absolute Gasteiger partial charge is 0.495 e. The summed E-state index contributed by atoms with van der Waals surface area (Å²) >= 11 is 0. The van der Waals surface area contributed by atoms with Gasteiger partial charge in [-0.1, -0.05) is 0 Å². The fraction of sp³-hybridized carbons (Fsp3) is 0.200. The molecule has 4 heteroatoms. The van der Waals surface area contributed by atoms with Crippen molar-refractivity contribution >= 4 is 5.65 Å². The summed E-state index contributed by atoms with van der Waals surface area (Å²) in [6, 6.07) is 5.80. The molecule has 14 heavy (non-hydrogen) atoms. The highest BCUT2D eigenvalue weighted by atomic mass is 16.5. The maximum atomic E-state index is 8.60. The normalized spacial score (nSPS) is 10.0. The number of nitriles is 1. The first-order valence-corrected chi connectivity index (χ1v) is 4.22. The first-order valence-electron chi connectivity index (χ1n) is 4.22. The number of methoxy groups -OCH3 is 1. The van der Waals surface area contributed by atoms with Crippen molar-refractivity contribution in [3.8, 4) is 11.8 Å². The molecule has 4 nitrogen and oxygen atoms in total. The Morgan fingerprint density at radius 2 is 2.43 bits per heavy atom. The lowest BCUT2D eigenvalue weighted by Gasteiger charge is -2.01. The van der Waals surface area contributed by atoms with Gasteiger partial charge in [-0.25, -0.2) is 4.98 Å². The van der Waals surface area contributed by atoms with Crippen LogP contribution in [0.15, 0.2) is 24.5 Å². The number of hydrogen-bond acceptors (Lipinski definition) is 3. The Labute approximate surface area is 81.4 Å². The second kappa shape index (κ2) is 3.38. The molecule has 0 aromatic carbocycles. The third-order valence-electron chi connectivity index (χ3n) is 2.05. The van der Waals surface area contributed by atoms with Crippen molar-refractivity contribution in [2.24, 2.45) is 0 Å². The van der Waals surface area contributed by atoms with Crippen molar-refractivity contribution in [2.45, 2.75) is 6.42 Å². The summed E-state index contributed by atoms with van der Waals surface area (Å²) in [5.74, 6) is 0.759. The van der Waals surface area contributed by atoms with Crippen LogP contribution in [-0.2, 0) is 6.42 Å². The zero-order valence-electron chi connectivity index (χ0n) is 7.77. The van der Waals surface area contributed by atoms with E-state index in [2.05, 4.69) is 11.1 Å². The number of rotatable bonds is 2. The molecule has 0 amide bonds. The molecule has 70 valence electrons. The van der Waals surface area contributed by atoms with E-state index >= 15 is 0 Å². The van der Waals surface area contributed by atoms with Gasteiger partial charge in [0.25, 0.3) is 0 Å². The van der Waals surface area contributed by atoms with Gasteiger partial charge in [-0.05, 0) is 12.1 Å². The molecule has 2 aromatic rings. The second-order valence-corrected chi connectivity index (χ2v) is 2.88. The van der Waals surface area contributed by atoms with Crippen LogP contribution < -0.4 is 4.74 Å². The summed E-state index contributed by atoms with van der Waals surface area (Å²) in [4.78, 5) is 4.17. The van der Waals surface area contributed by atoms with Crippen LogP contribution in [-0.4, -0.2) is 16.5 Å². The number of ether oxygens (including phenoxy) is 1. The summed E-state index contributed by atoms with van der Waals surface area (Å²) in [5.41, 5.74) is 1.71. The van der Waals surface area contributed by atoms with Crippen molar-refractivity contribution in [3.05, 3.63) is 30.2 Å². The van der Waals surface area contributed by atoms with Crippen LogP contribution >= 0.6 is 0 Å². The van der Waals surface area contributed by atoms with Gasteiger partial charge in [-0.3, -0.25) is 4.40 Å². The maximum Gasteiger partial charge on any atom is 0.137 e. The lowest BCUT2D eigenvalue weighted by molar-refractivity contribution is 0.412. The van der Waals surface area contributed by atoms with Gasteiger partial charge in [0.2, 0.25) is 0 Å². The molecular formula is C10H9N3O. The van der Waals surface area contributed by atoms with E-state index in [0.717, 1.165) is 17.1 Å². The lowest BCUT2D eigenvalue weighted by Crippen LogP contribution is -1.93. The first kappa shape index (κ1) is 8.57. The van der Waals surface area contributed by atoms with Gasteiger partial charge >= 0.3 is 0 Å². The summed E-state index contributed by atoms with van der Waals surface area (Å²) in [5, 5.41) is 8.60. The molecule has 0 atom stereocenters. The van der Waals surface area contributed by atoms with Crippen molar-refractivity contribution < 1.29 is 4.74 Å². The van der Waals surface area contributed by atoms with Crippen LogP contribution in [0.25, 0.3) is 5.65 Å². The Morgan fingerprint density at radius 3 is 3.14 bits per heavy atom. The van der Waals surface area contributed by atoms with E-state index in [1.54, 1.807) is 13.3 Å². The third-order valence-corrected chi connectivity index (χ3v) is 2.05.